The summed E-state index contributed by atoms with van der Waals surface area (Å²) in [5.41, 5.74) is 0.779. The molecule has 0 spiro atoms. The maximum atomic E-state index is 12.7. The van der Waals surface area contributed by atoms with Crippen molar-refractivity contribution in [1.82, 2.24) is 10.6 Å². The summed E-state index contributed by atoms with van der Waals surface area (Å²) in [5.74, 6) is 0.717. The number of hydrogen-bond donors (Lipinski definition) is 2. The Morgan fingerprint density at radius 1 is 1.00 bits per heavy atom. The van der Waals surface area contributed by atoms with E-state index in [9.17, 15) is 9.59 Å². The zero-order valence-corrected chi connectivity index (χ0v) is 18.9. The average Bonchev–Trinajstić information content (AvgIpc) is 2.81. The molecule has 0 saturated carbocycles. The minimum absolute atomic E-state index is 0.179. The summed E-state index contributed by atoms with van der Waals surface area (Å²) in [4.78, 5) is 25.1. The Morgan fingerprint density at radius 2 is 1.59 bits per heavy atom. The Hall–Kier alpha value is -2.84. The third kappa shape index (κ3) is 8.01. The van der Waals surface area contributed by atoms with Crippen molar-refractivity contribution in [3.63, 3.8) is 0 Å². The summed E-state index contributed by atoms with van der Waals surface area (Å²) in [5, 5.41) is 5.81. The lowest BCUT2D eigenvalue weighted by Crippen LogP contribution is -2.44. The summed E-state index contributed by atoms with van der Waals surface area (Å²) in [6, 6.07) is 4.97. The molecular weight excluding hydrogens is 412 g/mol. The smallest absolute Gasteiger partial charge is 0.249 e. The Bertz CT molecular complexity index is 782. The lowest BCUT2D eigenvalue weighted by molar-refractivity contribution is -0.134. The summed E-state index contributed by atoms with van der Waals surface area (Å²) in [6.07, 6.45) is 3.52. The first-order valence-corrected chi connectivity index (χ1v) is 10.9. The maximum absolute atomic E-state index is 12.7. The number of carbonyl (C=O) groups excluding carboxylic acids is 2. The minimum atomic E-state index is -0.647. The predicted molar refractivity (Wildman–Crippen MR) is 122 cm³/mol. The molecule has 176 valence electrons. The van der Waals surface area contributed by atoms with E-state index >= 15 is 0 Å². The first kappa shape index (κ1) is 25.4. The molecule has 2 N–H and O–H groups in total. The molecule has 0 radical (unpaired) electrons. The molecule has 1 aliphatic heterocycles. The van der Waals surface area contributed by atoms with Gasteiger partial charge in [0.05, 0.1) is 19.3 Å². The quantitative estimate of drug-likeness (QED) is 0.337. The van der Waals surface area contributed by atoms with E-state index < -0.39 is 18.2 Å². The van der Waals surface area contributed by atoms with Gasteiger partial charge in [0.2, 0.25) is 11.8 Å². The second kappa shape index (κ2) is 13.5. The van der Waals surface area contributed by atoms with Crippen LogP contribution in [0.1, 0.15) is 38.3 Å². The molecule has 3 atom stereocenters. The SMILES string of the molecule is C=CCCO[C@H](C)C(=O)NC[C@@H](NC(=O)[C@@H](C)OCCC=C)c1ccc2c(c1)OCCO2. The van der Waals surface area contributed by atoms with Crippen molar-refractivity contribution < 1.29 is 28.5 Å². The molecular formula is C24H34N2O6. The number of benzene rings is 1. The highest BCUT2D eigenvalue weighted by molar-refractivity contribution is 5.82. The minimum Gasteiger partial charge on any atom is -0.486 e. The first-order chi connectivity index (χ1) is 15.5. The van der Waals surface area contributed by atoms with Crippen molar-refractivity contribution in [3.8, 4) is 11.5 Å². The molecule has 8 heteroatoms. The van der Waals surface area contributed by atoms with Crippen LogP contribution in [0.4, 0.5) is 0 Å². The second-order valence-corrected chi connectivity index (χ2v) is 7.39. The topological polar surface area (TPSA) is 95.1 Å². The van der Waals surface area contributed by atoms with Gasteiger partial charge in [0.25, 0.3) is 0 Å². The Morgan fingerprint density at radius 3 is 2.22 bits per heavy atom. The molecule has 32 heavy (non-hydrogen) atoms. The molecule has 1 heterocycles. The van der Waals surface area contributed by atoms with Crippen LogP contribution in [-0.2, 0) is 19.1 Å². The van der Waals surface area contributed by atoms with Crippen LogP contribution in [0.3, 0.4) is 0 Å². The van der Waals surface area contributed by atoms with Gasteiger partial charge in [-0.15, -0.1) is 13.2 Å². The molecule has 0 unspecified atom stereocenters. The number of nitrogens with one attached hydrogen (secondary N) is 2. The normalized spacial score (nSPS) is 15.2. The van der Waals surface area contributed by atoms with Gasteiger partial charge >= 0.3 is 0 Å². The van der Waals surface area contributed by atoms with Crippen LogP contribution >= 0.6 is 0 Å². The van der Waals surface area contributed by atoms with Gasteiger partial charge in [-0.25, -0.2) is 0 Å². The fourth-order valence-electron chi connectivity index (χ4n) is 2.97. The van der Waals surface area contributed by atoms with E-state index in [4.69, 9.17) is 18.9 Å². The van der Waals surface area contributed by atoms with Crippen molar-refractivity contribution >= 4 is 11.8 Å². The second-order valence-electron chi connectivity index (χ2n) is 7.39. The molecule has 1 aliphatic rings. The van der Waals surface area contributed by atoms with Crippen LogP contribution in [0.2, 0.25) is 0 Å². The van der Waals surface area contributed by atoms with E-state index in [1.807, 2.05) is 12.1 Å². The van der Waals surface area contributed by atoms with Gasteiger partial charge in [0.15, 0.2) is 11.5 Å². The van der Waals surface area contributed by atoms with Crippen molar-refractivity contribution in [3.05, 3.63) is 49.1 Å². The highest BCUT2D eigenvalue weighted by atomic mass is 16.6. The third-order valence-electron chi connectivity index (χ3n) is 4.88. The zero-order chi connectivity index (χ0) is 23.3. The fourth-order valence-corrected chi connectivity index (χ4v) is 2.97. The van der Waals surface area contributed by atoms with Crippen LogP contribution in [0.5, 0.6) is 11.5 Å². The molecule has 0 aromatic heterocycles. The Labute approximate surface area is 189 Å². The van der Waals surface area contributed by atoms with E-state index in [0.29, 0.717) is 50.8 Å². The molecule has 2 amide bonds. The van der Waals surface area contributed by atoms with Gasteiger partial charge in [-0.2, -0.15) is 0 Å². The van der Waals surface area contributed by atoms with Gasteiger partial charge in [-0.3, -0.25) is 9.59 Å². The fraction of sp³-hybridized carbons (Fsp3) is 0.500. The lowest BCUT2D eigenvalue weighted by Gasteiger charge is -2.25. The molecule has 0 bridgehead atoms. The van der Waals surface area contributed by atoms with Gasteiger partial charge in [0, 0.05) is 6.54 Å². The number of rotatable bonds is 14. The Balaban J connectivity index is 2.07. The van der Waals surface area contributed by atoms with Crippen molar-refractivity contribution in [2.24, 2.45) is 0 Å². The van der Waals surface area contributed by atoms with Crippen molar-refractivity contribution in [2.45, 2.75) is 44.9 Å². The predicted octanol–water partition coefficient (Wildman–Crippen LogP) is 2.69. The lowest BCUT2D eigenvalue weighted by atomic mass is 10.0. The molecule has 0 fully saturated rings. The molecule has 8 nitrogen and oxygen atoms in total. The number of amides is 2. The maximum Gasteiger partial charge on any atom is 0.249 e. The van der Waals surface area contributed by atoms with Gasteiger partial charge in [0.1, 0.15) is 25.4 Å². The third-order valence-corrected chi connectivity index (χ3v) is 4.88. The highest BCUT2D eigenvalue weighted by Gasteiger charge is 2.23. The average molecular weight is 447 g/mol. The largest absolute Gasteiger partial charge is 0.486 e. The molecule has 0 aliphatic carbocycles. The van der Waals surface area contributed by atoms with E-state index in [0.717, 1.165) is 5.56 Å². The van der Waals surface area contributed by atoms with Crippen LogP contribution in [0.15, 0.2) is 43.5 Å². The molecule has 0 saturated heterocycles. The van der Waals surface area contributed by atoms with Gasteiger partial charge < -0.3 is 29.6 Å². The summed E-state index contributed by atoms with van der Waals surface area (Å²) in [7, 11) is 0. The van der Waals surface area contributed by atoms with E-state index in [-0.39, 0.29) is 18.4 Å². The molecule has 2 rings (SSSR count). The summed E-state index contributed by atoms with van der Waals surface area (Å²) < 4.78 is 22.3. The number of ether oxygens (including phenoxy) is 4. The van der Waals surface area contributed by atoms with E-state index in [1.54, 1.807) is 32.1 Å². The number of carbonyl (C=O) groups is 2. The summed E-state index contributed by atoms with van der Waals surface area (Å²) >= 11 is 0. The van der Waals surface area contributed by atoms with Crippen LogP contribution in [-0.4, -0.2) is 57.0 Å². The van der Waals surface area contributed by atoms with Crippen LogP contribution in [0, 0.1) is 0 Å². The molecule has 1 aromatic carbocycles. The highest BCUT2D eigenvalue weighted by Crippen LogP contribution is 2.32. The van der Waals surface area contributed by atoms with Crippen molar-refractivity contribution in [1.29, 1.82) is 0 Å². The number of fused-ring (bicyclic) bond motifs is 1. The van der Waals surface area contributed by atoms with E-state index in [1.165, 1.54) is 0 Å². The summed E-state index contributed by atoms with van der Waals surface area (Å²) in [6.45, 7) is 12.6. The monoisotopic (exact) mass is 446 g/mol. The van der Waals surface area contributed by atoms with Crippen molar-refractivity contribution in [2.75, 3.05) is 33.0 Å². The van der Waals surface area contributed by atoms with E-state index in [2.05, 4.69) is 23.8 Å². The van der Waals surface area contributed by atoms with Gasteiger partial charge in [-0.1, -0.05) is 18.2 Å². The zero-order valence-electron chi connectivity index (χ0n) is 18.9. The van der Waals surface area contributed by atoms with Crippen LogP contribution in [0.25, 0.3) is 0 Å². The number of hydrogen-bond acceptors (Lipinski definition) is 6. The Kier molecular flexibility index (Phi) is 10.8. The standard InChI is InChI=1S/C24H34N2O6/c1-5-7-11-29-17(3)23(27)25-16-20(26-24(28)18(4)30-12-8-6-2)19-9-10-21-22(15-19)32-14-13-31-21/h5-6,9-10,15,17-18,20H,1-2,7-8,11-14,16H2,3-4H3,(H,25,27)(H,26,28)/t17-,18-,20-/m1/s1. The van der Waals surface area contributed by atoms with Crippen LogP contribution < -0.4 is 20.1 Å². The first-order valence-electron chi connectivity index (χ1n) is 10.9. The molecule has 1 aromatic rings. The van der Waals surface area contributed by atoms with Gasteiger partial charge in [-0.05, 0) is 44.4 Å².